The highest BCUT2D eigenvalue weighted by Gasteiger charge is 2.50. The van der Waals surface area contributed by atoms with Crippen LogP contribution in [0.4, 0.5) is 0 Å². The maximum absolute atomic E-state index is 12.8. The van der Waals surface area contributed by atoms with Gasteiger partial charge in [0, 0.05) is 31.9 Å². The highest BCUT2D eigenvalue weighted by atomic mass is 16.4. The number of carboxylic acids is 1. The van der Waals surface area contributed by atoms with Gasteiger partial charge >= 0.3 is 5.97 Å². The molecule has 7 nitrogen and oxygen atoms in total. The van der Waals surface area contributed by atoms with Gasteiger partial charge in [0.15, 0.2) is 0 Å². The molecule has 2 N–H and O–H groups in total. The van der Waals surface area contributed by atoms with Crippen LogP contribution in [0, 0.1) is 12.3 Å². The molecule has 0 saturated carbocycles. The number of carbonyl (C=O) groups is 2. The molecule has 2 atom stereocenters. The summed E-state index contributed by atoms with van der Waals surface area (Å²) in [4.78, 5) is 26.5. The van der Waals surface area contributed by atoms with Crippen LogP contribution in [0.15, 0.2) is 36.5 Å². The molecule has 144 valence electrons. The molecule has 0 radical (unpaired) electrons. The number of rotatable bonds is 5. The molecule has 0 unspecified atom stereocenters. The van der Waals surface area contributed by atoms with Gasteiger partial charge in [-0.15, -0.1) is 0 Å². The Morgan fingerprint density at radius 1 is 1.30 bits per heavy atom. The minimum atomic E-state index is -1.40. The van der Waals surface area contributed by atoms with Crippen molar-refractivity contribution in [3.63, 3.8) is 0 Å². The number of amides is 1. The van der Waals surface area contributed by atoms with Crippen LogP contribution in [-0.4, -0.2) is 56.0 Å². The average molecular weight is 371 g/mol. The molecule has 0 spiro atoms. The number of aliphatic carboxylic acids is 1. The number of nitrogens with zero attached hydrogens (tertiary/aromatic N) is 3. The van der Waals surface area contributed by atoms with E-state index in [-0.39, 0.29) is 31.7 Å². The minimum Gasteiger partial charge on any atom is -0.481 e. The normalized spacial score (nSPS) is 22.6. The standard InChI is InChI=1S/C20H25N3O4/c1-14-16(12-22(2)21-14)10-18(25)23-9-8-17(24)20(13-23,19(26)27)11-15-6-4-3-5-7-15/h3-7,12,17,24H,8-11,13H2,1-2H3,(H,26,27)/t17-,20+/m0/s1. The van der Waals surface area contributed by atoms with E-state index in [4.69, 9.17) is 0 Å². The predicted octanol–water partition coefficient (Wildman–Crippen LogP) is 1.18. The van der Waals surface area contributed by atoms with Gasteiger partial charge in [-0.1, -0.05) is 30.3 Å². The van der Waals surface area contributed by atoms with Crippen molar-refractivity contribution in [2.45, 2.75) is 32.3 Å². The SMILES string of the molecule is Cc1nn(C)cc1CC(=O)N1CC[C@H](O)[C@](Cc2ccccc2)(C(=O)O)C1. The molecule has 1 aliphatic heterocycles. The summed E-state index contributed by atoms with van der Waals surface area (Å²) < 4.78 is 1.66. The molecule has 7 heteroatoms. The molecular weight excluding hydrogens is 346 g/mol. The second-order valence-corrected chi connectivity index (χ2v) is 7.33. The van der Waals surface area contributed by atoms with Gasteiger partial charge in [0.25, 0.3) is 0 Å². The molecule has 1 fully saturated rings. The maximum Gasteiger partial charge on any atom is 0.314 e. The van der Waals surface area contributed by atoms with Crippen molar-refractivity contribution < 1.29 is 19.8 Å². The van der Waals surface area contributed by atoms with Crippen LogP contribution in [0.1, 0.15) is 23.2 Å². The Labute approximate surface area is 158 Å². The first-order valence-corrected chi connectivity index (χ1v) is 9.04. The summed E-state index contributed by atoms with van der Waals surface area (Å²) in [5, 5.41) is 24.7. The molecule has 1 aliphatic rings. The molecule has 1 aromatic carbocycles. The van der Waals surface area contributed by atoms with Gasteiger partial charge in [0.05, 0.1) is 18.2 Å². The number of aliphatic hydroxyl groups is 1. The molecular formula is C20H25N3O4. The largest absolute Gasteiger partial charge is 0.481 e. The average Bonchev–Trinajstić information content (AvgIpc) is 2.94. The van der Waals surface area contributed by atoms with E-state index in [0.717, 1.165) is 16.8 Å². The molecule has 1 saturated heterocycles. The molecule has 2 aromatic rings. The Morgan fingerprint density at radius 3 is 2.59 bits per heavy atom. The quantitative estimate of drug-likeness (QED) is 0.823. The third-order valence-electron chi connectivity index (χ3n) is 5.38. The predicted molar refractivity (Wildman–Crippen MR) is 99.1 cm³/mol. The number of piperidine rings is 1. The number of carbonyl (C=O) groups excluding carboxylic acids is 1. The van der Waals surface area contributed by atoms with Gasteiger partial charge in [-0.2, -0.15) is 5.10 Å². The summed E-state index contributed by atoms with van der Waals surface area (Å²) in [7, 11) is 1.80. The van der Waals surface area contributed by atoms with Crippen LogP contribution in [-0.2, 0) is 29.5 Å². The molecule has 1 aromatic heterocycles. The van der Waals surface area contributed by atoms with E-state index in [9.17, 15) is 19.8 Å². The molecule has 0 bridgehead atoms. The summed E-state index contributed by atoms with van der Waals surface area (Å²) >= 11 is 0. The number of aromatic nitrogens is 2. The first-order valence-electron chi connectivity index (χ1n) is 9.04. The van der Waals surface area contributed by atoms with E-state index in [2.05, 4.69) is 5.10 Å². The van der Waals surface area contributed by atoms with Crippen LogP contribution in [0.3, 0.4) is 0 Å². The van der Waals surface area contributed by atoms with Crippen LogP contribution in [0.5, 0.6) is 0 Å². The number of hydrogen-bond acceptors (Lipinski definition) is 4. The van der Waals surface area contributed by atoms with Crippen molar-refractivity contribution in [3.8, 4) is 0 Å². The smallest absolute Gasteiger partial charge is 0.314 e. The van der Waals surface area contributed by atoms with Crippen molar-refractivity contribution in [1.29, 1.82) is 0 Å². The van der Waals surface area contributed by atoms with Gasteiger partial charge < -0.3 is 15.1 Å². The summed E-state index contributed by atoms with van der Waals surface area (Å²) in [6, 6.07) is 9.23. The van der Waals surface area contributed by atoms with Crippen molar-refractivity contribution in [2.24, 2.45) is 12.5 Å². The van der Waals surface area contributed by atoms with Gasteiger partial charge in [0.1, 0.15) is 5.41 Å². The monoisotopic (exact) mass is 371 g/mol. The lowest BCUT2D eigenvalue weighted by molar-refractivity contribution is -0.165. The Morgan fingerprint density at radius 2 is 2.00 bits per heavy atom. The second kappa shape index (κ2) is 7.52. The third kappa shape index (κ3) is 3.88. The number of carboxylic acid groups (broad SMARTS) is 1. The van der Waals surface area contributed by atoms with Gasteiger partial charge in [-0.25, -0.2) is 0 Å². The zero-order valence-corrected chi connectivity index (χ0v) is 15.6. The van der Waals surface area contributed by atoms with Crippen molar-refractivity contribution in [1.82, 2.24) is 14.7 Å². The third-order valence-corrected chi connectivity index (χ3v) is 5.38. The fourth-order valence-electron chi connectivity index (χ4n) is 3.81. The van der Waals surface area contributed by atoms with E-state index >= 15 is 0 Å². The Kier molecular flexibility index (Phi) is 5.32. The highest BCUT2D eigenvalue weighted by molar-refractivity contribution is 5.82. The van der Waals surface area contributed by atoms with E-state index < -0.39 is 17.5 Å². The van der Waals surface area contributed by atoms with E-state index in [1.165, 1.54) is 0 Å². The van der Waals surface area contributed by atoms with Crippen LogP contribution >= 0.6 is 0 Å². The molecule has 3 rings (SSSR count). The van der Waals surface area contributed by atoms with E-state index in [0.29, 0.717) is 6.54 Å². The minimum absolute atomic E-state index is 0.00344. The Hall–Kier alpha value is -2.67. The summed E-state index contributed by atoms with van der Waals surface area (Å²) in [6.07, 6.45) is 1.41. The second-order valence-electron chi connectivity index (χ2n) is 7.33. The lowest BCUT2D eigenvalue weighted by atomic mass is 9.72. The van der Waals surface area contributed by atoms with Gasteiger partial charge in [0.2, 0.25) is 5.91 Å². The lowest BCUT2D eigenvalue weighted by Crippen LogP contribution is -2.58. The number of hydrogen-bond donors (Lipinski definition) is 2. The van der Waals surface area contributed by atoms with Gasteiger partial charge in [-0.05, 0) is 25.3 Å². The number of likely N-dealkylation sites (tertiary alicyclic amines) is 1. The first kappa shape index (κ1) is 19.1. The highest BCUT2D eigenvalue weighted by Crippen LogP contribution is 2.35. The van der Waals surface area contributed by atoms with Crippen LogP contribution in [0.25, 0.3) is 0 Å². The summed E-state index contributed by atoms with van der Waals surface area (Å²) in [5.41, 5.74) is 1.05. The fourth-order valence-corrected chi connectivity index (χ4v) is 3.81. The van der Waals surface area contributed by atoms with E-state index in [1.54, 1.807) is 22.8 Å². The topological polar surface area (TPSA) is 95.7 Å². The first-order chi connectivity index (χ1) is 12.8. The lowest BCUT2D eigenvalue weighted by Gasteiger charge is -2.43. The molecule has 1 amide bonds. The van der Waals surface area contributed by atoms with Crippen molar-refractivity contribution in [2.75, 3.05) is 13.1 Å². The molecule has 0 aliphatic carbocycles. The Bertz CT molecular complexity index is 833. The van der Waals surface area contributed by atoms with Crippen molar-refractivity contribution in [3.05, 3.63) is 53.3 Å². The summed E-state index contributed by atoms with van der Waals surface area (Å²) in [5.74, 6) is -1.22. The zero-order valence-electron chi connectivity index (χ0n) is 15.6. The summed E-state index contributed by atoms with van der Waals surface area (Å²) in [6.45, 7) is 2.19. The fraction of sp³-hybridized carbons (Fsp3) is 0.450. The van der Waals surface area contributed by atoms with Crippen molar-refractivity contribution >= 4 is 11.9 Å². The Balaban J connectivity index is 1.81. The number of aliphatic hydroxyl groups excluding tert-OH is 1. The zero-order chi connectivity index (χ0) is 19.6. The molecule has 2 heterocycles. The van der Waals surface area contributed by atoms with Crippen LogP contribution < -0.4 is 0 Å². The number of aryl methyl sites for hydroxylation is 2. The van der Waals surface area contributed by atoms with Gasteiger partial charge in [-0.3, -0.25) is 14.3 Å². The van der Waals surface area contributed by atoms with E-state index in [1.807, 2.05) is 37.3 Å². The maximum atomic E-state index is 12.8. The molecule has 27 heavy (non-hydrogen) atoms. The number of benzene rings is 1. The van der Waals surface area contributed by atoms with Crippen LogP contribution in [0.2, 0.25) is 0 Å².